The van der Waals surface area contributed by atoms with E-state index in [0.29, 0.717) is 5.92 Å². The Bertz CT molecular complexity index is 632. The summed E-state index contributed by atoms with van der Waals surface area (Å²) in [5, 5.41) is 0. The minimum absolute atomic E-state index is 0.685. The molecule has 0 nitrogen and oxygen atoms in total. The maximum Gasteiger partial charge on any atom is -0.0118 e. The molecule has 0 saturated carbocycles. The lowest BCUT2D eigenvalue weighted by atomic mass is 9.79. The Morgan fingerprint density at radius 2 is 1.86 bits per heavy atom. The predicted molar refractivity (Wildman–Crippen MR) is 91.7 cm³/mol. The molecule has 1 unspecified atom stereocenters. The van der Waals surface area contributed by atoms with Gasteiger partial charge in [-0.25, -0.2) is 0 Å². The van der Waals surface area contributed by atoms with Crippen molar-refractivity contribution in [1.82, 2.24) is 0 Å². The second-order valence-electron chi connectivity index (χ2n) is 6.06. The van der Waals surface area contributed by atoms with Gasteiger partial charge in [0.1, 0.15) is 0 Å². The molecule has 2 aromatic carbocycles. The summed E-state index contributed by atoms with van der Waals surface area (Å²) in [6.45, 7) is 4.30. The molecule has 0 amide bonds. The molecule has 0 bridgehead atoms. The lowest BCUT2D eigenvalue weighted by Gasteiger charge is -2.25. The fraction of sp³-hybridized carbons (Fsp3) is 0.333. The van der Waals surface area contributed by atoms with Gasteiger partial charge in [-0.2, -0.15) is 0 Å². The normalized spacial score (nSPS) is 17.9. The van der Waals surface area contributed by atoms with Gasteiger partial charge >= 0.3 is 0 Å². The zero-order valence-corrected chi connectivity index (χ0v) is 13.1. The van der Waals surface area contributed by atoms with Gasteiger partial charge in [-0.15, -0.1) is 0 Å². The van der Waals surface area contributed by atoms with E-state index in [4.69, 9.17) is 0 Å². The summed E-state index contributed by atoms with van der Waals surface area (Å²) in [6.07, 6.45) is 9.10. The highest BCUT2D eigenvalue weighted by Gasteiger charge is 2.20. The van der Waals surface area contributed by atoms with Crippen LogP contribution in [0.15, 0.2) is 48.5 Å². The van der Waals surface area contributed by atoms with Gasteiger partial charge in [0, 0.05) is 0 Å². The van der Waals surface area contributed by atoms with Crippen molar-refractivity contribution in [2.24, 2.45) is 0 Å². The molecule has 0 fully saturated rings. The van der Waals surface area contributed by atoms with Crippen molar-refractivity contribution in [2.45, 2.75) is 45.4 Å². The highest BCUT2D eigenvalue weighted by molar-refractivity contribution is 5.49. The van der Waals surface area contributed by atoms with Crippen molar-refractivity contribution in [2.75, 3.05) is 0 Å². The summed E-state index contributed by atoms with van der Waals surface area (Å²) < 4.78 is 0. The third-order valence-electron chi connectivity index (χ3n) is 4.67. The van der Waals surface area contributed by atoms with Crippen molar-refractivity contribution < 1.29 is 0 Å². The van der Waals surface area contributed by atoms with Crippen LogP contribution in [0.3, 0.4) is 0 Å². The van der Waals surface area contributed by atoms with Crippen molar-refractivity contribution in [3.63, 3.8) is 0 Å². The lowest BCUT2D eigenvalue weighted by molar-refractivity contribution is 0.584. The molecule has 0 saturated heterocycles. The average molecular weight is 276 g/mol. The Labute approximate surface area is 128 Å². The van der Waals surface area contributed by atoms with E-state index in [1.807, 2.05) is 0 Å². The number of fused-ring (bicyclic) bond motifs is 1. The van der Waals surface area contributed by atoms with Crippen LogP contribution in [0.2, 0.25) is 0 Å². The van der Waals surface area contributed by atoms with Gasteiger partial charge in [-0.3, -0.25) is 0 Å². The first kappa shape index (κ1) is 14.1. The Hall–Kier alpha value is -1.82. The Kier molecular flexibility index (Phi) is 4.24. The van der Waals surface area contributed by atoms with E-state index in [1.54, 1.807) is 11.1 Å². The van der Waals surface area contributed by atoms with Gasteiger partial charge < -0.3 is 0 Å². The molecule has 3 rings (SSSR count). The van der Waals surface area contributed by atoms with Gasteiger partial charge in [0.2, 0.25) is 0 Å². The van der Waals surface area contributed by atoms with E-state index in [9.17, 15) is 0 Å². The molecule has 1 atom stereocenters. The van der Waals surface area contributed by atoms with E-state index in [0.717, 1.165) is 6.42 Å². The fourth-order valence-electron chi connectivity index (χ4n) is 3.38. The molecule has 0 radical (unpaired) electrons. The molecule has 21 heavy (non-hydrogen) atoms. The first-order valence-electron chi connectivity index (χ1n) is 8.13. The standard InChI is InChI=1S/C21H24/c1-3-5-17-7-9-18(10-8-17)20-13-12-19-14-16(4-2)6-11-21(19)15-20/h3,5-11,14,20H,4,12-13,15H2,1-2H3/b5-3+. The third-order valence-corrected chi connectivity index (χ3v) is 4.67. The van der Waals surface area contributed by atoms with Crippen molar-refractivity contribution in [3.8, 4) is 0 Å². The molecule has 1 aliphatic rings. The quantitative estimate of drug-likeness (QED) is 0.689. The lowest BCUT2D eigenvalue weighted by Crippen LogP contribution is -2.13. The summed E-state index contributed by atoms with van der Waals surface area (Å²) in [5.74, 6) is 0.685. The average Bonchev–Trinajstić information content (AvgIpc) is 2.55. The molecule has 108 valence electrons. The summed E-state index contributed by atoms with van der Waals surface area (Å²) in [4.78, 5) is 0. The van der Waals surface area contributed by atoms with E-state index >= 15 is 0 Å². The molecule has 0 heteroatoms. The summed E-state index contributed by atoms with van der Waals surface area (Å²) in [5.41, 5.74) is 7.40. The van der Waals surface area contributed by atoms with Crippen molar-refractivity contribution in [1.29, 1.82) is 0 Å². The third kappa shape index (κ3) is 3.10. The van der Waals surface area contributed by atoms with Crippen LogP contribution in [0.1, 0.15) is 54.0 Å². The number of aryl methyl sites for hydroxylation is 2. The minimum atomic E-state index is 0.685. The van der Waals surface area contributed by atoms with Crippen LogP contribution in [-0.4, -0.2) is 0 Å². The Morgan fingerprint density at radius 3 is 2.57 bits per heavy atom. The van der Waals surface area contributed by atoms with Gasteiger partial charge in [-0.05, 0) is 66.3 Å². The molecule has 0 spiro atoms. The van der Waals surface area contributed by atoms with Crippen LogP contribution >= 0.6 is 0 Å². The van der Waals surface area contributed by atoms with Crippen LogP contribution in [0.4, 0.5) is 0 Å². The van der Waals surface area contributed by atoms with Crippen LogP contribution in [0.5, 0.6) is 0 Å². The van der Waals surface area contributed by atoms with Gasteiger partial charge in [0.15, 0.2) is 0 Å². The highest BCUT2D eigenvalue weighted by atomic mass is 14.2. The van der Waals surface area contributed by atoms with E-state index in [1.165, 1.54) is 36.0 Å². The van der Waals surface area contributed by atoms with E-state index in [-0.39, 0.29) is 0 Å². The van der Waals surface area contributed by atoms with Crippen molar-refractivity contribution in [3.05, 3.63) is 76.4 Å². The number of hydrogen-bond donors (Lipinski definition) is 0. The number of benzene rings is 2. The van der Waals surface area contributed by atoms with Crippen LogP contribution in [-0.2, 0) is 19.3 Å². The van der Waals surface area contributed by atoms with E-state index < -0.39 is 0 Å². The number of rotatable bonds is 3. The smallest absolute Gasteiger partial charge is 0.0118 e. The molecular weight excluding hydrogens is 252 g/mol. The topological polar surface area (TPSA) is 0 Å². The molecule has 0 N–H and O–H groups in total. The molecule has 2 aromatic rings. The Morgan fingerprint density at radius 1 is 1.05 bits per heavy atom. The van der Waals surface area contributed by atoms with Crippen LogP contribution in [0, 0.1) is 0 Å². The zero-order chi connectivity index (χ0) is 14.7. The molecule has 1 aliphatic carbocycles. The Balaban J connectivity index is 1.79. The largest absolute Gasteiger partial charge is 0.0871 e. The number of allylic oxidation sites excluding steroid dienone is 1. The SMILES string of the molecule is C/C=C/c1ccc(C2CCc3cc(CC)ccc3C2)cc1. The second kappa shape index (κ2) is 6.30. The summed E-state index contributed by atoms with van der Waals surface area (Å²) in [7, 11) is 0. The second-order valence-corrected chi connectivity index (χ2v) is 6.06. The number of hydrogen-bond acceptors (Lipinski definition) is 0. The minimum Gasteiger partial charge on any atom is -0.0871 e. The first-order chi connectivity index (χ1) is 10.3. The van der Waals surface area contributed by atoms with Gasteiger partial charge in [0.05, 0.1) is 0 Å². The summed E-state index contributed by atoms with van der Waals surface area (Å²) >= 11 is 0. The molecular formula is C21H24. The maximum atomic E-state index is 2.42. The monoisotopic (exact) mass is 276 g/mol. The molecule has 0 aromatic heterocycles. The molecule has 0 aliphatic heterocycles. The van der Waals surface area contributed by atoms with Crippen LogP contribution < -0.4 is 0 Å². The van der Waals surface area contributed by atoms with Gasteiger partial charge in [0.25, 0.3) is 0 Å². The maximum absolute atomic E-state index is 2.42. The summed E-state index contributed by atoms with van der Waals surface area (Å²) in [6, 6.07) is 16.2. The fourth-order valence-corrected chi connectivity index (χ4v) is 3.38. The highest BCUT2D eigenvalue weighted by Crippen LogP contribution is 2.33. The van der Waals surface area contributed by atoms with Crippen LogP contribution in [0.25, 0.3) is 6.08 Å². The predicted octanol–water partition coefficient (Wildman–Crippen LogP) is 5.55. The zero-order valence-electron chi connectivity index (χ0n) is 13.1. The molecule has 0 heterocycles. The van der Waals surface area contributed by atoms with Gasteiger partial charge in [-0.1, -0.05) is 61.5 Å². The van der Waals surface area contributed by atoms with E-state index in [2.05, 4.69) is 68.5 Å². The first-order valence-corrected chi connectivity index (χ1v) is 8.13. The van der Waals surface area contributed by atoms with Crippen molar-refractivity contribution >= 4 is 6.08 Å².